The van der Waals surface area contributed by atoms with Gasteiger partial charge in [0.15, 0.2) is 5.60 Å². The minimum atomic E-state index is -2.29. The first-order valence-electron chi connectivity index (χ1n) is 19.6. The second-order valence-corrected chi connectivity index (χ2v) is 13.4. The van der Waals surface area contributed by atoms with Crippen molar-refractivity contribution >= 4 is 17.9 Å². The summed E-state index contributed by atoms with van der Waals surface area (Å²) in [5.74, 6) is -2.35. The Morgan fingerprint density at radius 1 is 0.391 bits per heavy atom. The molecule has 0 atom stereocenters. The SMILES string of the molecule is CCCCCCCCCCCOC(=O)CC(O)(CC(=O)OCCCCCCCCCCC)C(=O)OCCCCCCCCCCC. The van der Waals surface area contributed by atoms with Gasteiger partial charge in [-0.2, -0.15) is 0 Å². The van der Waals surface area contributed by atoms with Crippen molar-refractivity contribution in [2.24, 2.45) is 0 Å². The molecule has 0 aliphatic heterocycles. The Balaban J connectivity index is 4.56. The van der Waals surface area contributed by atoms with E-state index in [0.717, 1.165) is 57.8 Å². The van der Waals surface area contributed by atoms with Gasteiger partial charge < -0.3 is 19.3 Å². The van der Waals surface area contributed by atoms with Crippen molar-refractivity contribution < 1.29 is 33.7 Å². The Kier molecular flexibility index (Phi) is 32.1. The van der Waals surface area contributed by atoms with Crippen LogP contribution in [0, 0.1) is 0 Å². The summed E-state index contributed by atoms with van der Waals surface area (Å²) in [6.45, 7) is 7.27. The zero-order valence-electron chi connectivity index (χ0n) is 30.5. The van der Waals surface area contributed by atoms with E-state index in [1.54, 1.807) is 0 Å². The Bertz CT molecular complexity index is 670. The van der Waals surface area contributed by atoms with Gasteiger partial charge in [-0.25, -0.2) is 4.79 Å². The van der Waals surface area contributed by atoms with Gasteiger partial charge in [0.2, 0.25) is 0 Å². The molecule has 7 nitrogen and oxygen atoms in total. The fourth-order valence-corrected chi connectivity index (χ4v) is 5.70. The van der Waals surface area contributed by atoms with Crippen molar-refractivity contribution in [3.05, 3.63) is 0 Å². The maximum Gasteiger partial charge on any atom is 0.339 e. The number of hydrogen-bond acceptors (Lipinski definition) is 7. The van der Waals surface area contributed by atoms with Crippen molar-refractivity contribution in [1.82, 2.24) is 0 Å². The molecular formula is C39H74O7. The summed E-state index contributed by atoms with van der Waals surface area (Å²) < 4.78 is 16.1. The number of rotatable bonds is 35. The lowest BCUT2D eigenvalue weighted by molar-refractivity contribution is -0.178. The maximum absolute atomic E-state index is 13.0. The van der Waals surface area contributed by atoms with Crippen molar-refractivity contribution in [3.63, 3.8) is 0 Å². The molecule has 0 saturated carbocycles. The van der Waals surface area contributed by atoms with E-state index in [2.05, 4.69) is 20.8 Å². The molecule has 46 heavy (non-hydrogen) atoms. The van der Waals surface area contributed by atoms with Crippen LogP contribution in [0.1, 0.15) is 207 Å². The van der Waals surface area contributed by atoms with E-state index in [-0.39, 0.29) is 19.8 Å². The van der Waals surface area contributed by atoms with Gasteiger partial charge in [0, 0.05) is 0 Å². The fourth-order valence-electron chi connectivity index (χ4n) is 5.70. The predicted octanol–water partition coefficient (Wildman–Crippen LogP) is 10.7. The Labute approximate surface area is 283 Å². The highest BCUT2D eigenvalue weighted by molar-refractivity contribution is 5.90. The normalized spacial score (nSPS) is 11.5. The molecule has 0 aromatic rings. The van der Waals surface area contributed by atoms with Crippen LogP contribution in [0.3, 0.4) is 0 Å². The van der Waals surface area contributed by atoms with Crippen LogP contribution in [0.4, 0.5) is 0 Å². The molecule has 0 radical (unpaired) electrons. The third-order valence-electron chi connectivity index (χ3n) is 8.76. The summed E-state index contributed by atoms with van der Waals surface area (Å²) in [7, 11) is 0. The van der Waals surface area contributed by atoms with Gasteiger partial charge in [-0.3, -0.25) is 9.59 Å². The van der Waals surface area contributed by atoms with Gasteiger partial charge in [-0.15, -0.1) is 0 Å². The first kappa shape index (κ1) is 44.4. The zero-order chi connectivity index (χ0) is 34.0. The summed E-state index contributed by atoms with van der Waals surface area (Å²) >= 11 is 0. The molecule has 272 valence electrons. The average Bonchev–Trinajstić information content (AvgIpc) is 3.03. The summed E-state index contributed by atoms with van der Waals surface area (Å²) in [5.41, 5.74) is -2.29. The standard InChI is InChI=1S/C39H74O7/c1-4-7-10-13-16-19-22-25-28-31-44-36(40)34-39(43,38(42)46-33-30-27-24-21-18-15-12-9-6-3)35-37(41)45-32-29-26-23-20-17-14-11-8-5-2/h43H,4-35H2,1-3H3. The van der Waals surface area contributed by atoms with E-state index in [9.17, 15) is 19.5 Å². The third-order valence-corrected chi connectivity index (χ3v) is 8.76. The molecular weight excluding hydrogens is 580 g/mol. The Hall–Kier alpha value is -1.63. The average molecular weight is 655 g/mol. The van der Waals surface area contributed by atoms with E-state index in [1.165, 1.54) is 109 Å². The van der Waals surface area contributed by atoms with Crippen LogP contribution in [-0.2, 0) is 28.6 Å². The molecule has 0 rings (SSSR count). The van der Waals surface area contributed by atoms with Gasteiger partial charge in [-0.1, -0.05) is 175 Å². The Morgan fingerprint density at radius 2 is 0.630 bits per heavy atom. The monoisotopic (exact) mass is 655 g/mol. The highest BCUT2D eigenvalue weighted by Gasteiger charge is 2.43. The van der Waals surface area contributed by atoms with Crippen LogP contribution >= 0.6 is 0 Å². The highest BCUT2D eigenvalue weighted by Crippen LogP contribution is 2.21. The van der Waals surface area contributed by atoms with E-state index in [1.807, 2.05) is 0 Å². The molecule has 0 unspecified atom stereocenters. The highest BCUT2D eigenvalue weighted by atomic mass is 16.6. The molecule has 0 heterocycles. The van der Waals surface area contributed by atoms with Crippen LogP contribution in [0.2, 0.25) is 0 Å². The minimum absolute atomic E-state index is 0.151. The van der Waals surface area contributed by atoms with Crippen LogP contribution in [0.5, 0.6) is 0 Å². The number of esters is 3. The predicted molar refractivity (Wildman–Crippen MR) is 189 cm³/mol. The van der Waals surface area contributed by atoms with Crippen LogP contribution < -0.4 is 0 Å². The minimum Gasteiger partial charge on any atom is -0.466 e. The molecule has 0 fully saturated rings. The molecule has 7 heteroatoms. The van der Waals surface area contributed by atoms with Crippen LogP contribution in [-0.4, -0.2) is 48.4 Å². The number of ether oxygens (including phenoxy) is 3. The molecule has 0 aliphatic rings. The number of unbranched alkanes of at least 4 members (excludes halogenated alkanes) is 24. The number of carbonyl (C=O) groups is 3. The zero-order valence-corrected chi connectivity index (χ0v) is 30.5. The first-order chi connectivity index (χ1) is 22.4. The molecule has 0 aromatic heterocycles. The van der Waals surface area contributed by atoms with Crippen LogP contribution in [0.15, 0.2) is 0 Å². The van der Waals surface area contributed by atoms with E-state index in [4.69, 9.17) is 14.2 Å². The molecule has 0 spiro atoms. The smallest absolute Gasteiger partial charge is 0.339 e. The van der Waals surface area contributed by atoms with E-state index in [0.29, 0.717) is 6.42 Å². The van der Waals surface area contributed by atoms with Gasteiger partial charge in [-0.05, 0) is 19.3 Å². The van der Waals surface area contributed by atoms with Crippen molar-refractivity contribution in [3.8, 4) is 0 Å². The van der Waals surface area contributed by atoms with Crippen molar-refractivity contribution in [1.29, 1.82) is 0 Å². The lowest BCUT2D eigenvalue weighted by Gasteiger charge is -2.24. The van der Waals surface area contributed by atoms with Crippen molar-refractivity contribution in [2.45, 2.75) is 213 Å². The molecule has 0 bridgehead atoms. The number of hydrogen-bond donors (Lipinski definition) is 1. The first-order valence-corrected chi connectivity index (χ1v) is 19.6. The molecule has 0 aromatic carbocycles. The molecule has 0 amide bonds. The lowest BCUT2D eigenvalue weighted by Crippen LogP contribution is -2.45. The summed E-state index contributed by atoms with van der Waals surface area (Å²) in [6.07, 6.45) is 29.6. The summed E-state index contributed by atoms with van der Waals surface area (Å²) in [6, 6.07) is 0. The second-order valence-electron chi connectivity index (χ2n) is 13.4. The molecule has 0 saturated heterocycles. The fraction of sp³-hybridized carbons (Fsp3) is 0.923. The maximum atomic E-state index is 13.0. The van der Waals surface area contributed by atoms with Crippen molar-refractivity contribution in [2.75, 3.05) is 19.8 Å². The second kappa shape index (κ2) is 33.3. The topological polar surface area (TPSA) is 99.1 Å². The van der Waals surface area contributed by atoms with Crippen LogP contribution in [0.25, 0.3) is 0 Å². The van der Waals surface area contributed by atoms with E-state index < -0.39 is 36.4 Å². The van der Waals surface area contributed by atoms with E-state index >= 15 is 0 Å². The van der Waals surface area contributed by atoms with Gasteiger partial charge in [0.25, 0.3) is 0 Å². The molecule has 0 aliphatic carbocycles. The number of carbonyl (C=O) groups excluding carboxylic acids is 3. The van der Waals surface area contributed by atoms with Gasteiger partial charge in [0.1, 0.15) is 0 Å². The third kappa shape index (κ3) is 28.6. The quantitative estimate of drug-likeness (QED) is 0.0412. The largest absolute Gasteiger partial charge is 0.466 e. The van der Waals surface area contributed by atoms with Gasteiger partial charge in [0.05, 0.1) is 32.7 Å². The summed E-state index contributed by atoms with van der Waals surface area (Å²) in [4.78, 5) is 38.2. The summed E-state index contributed by atoms with van der Waals surface area (Å²) in [5, 5.41) is 11.2. The number of aliphatic hydroxyl groups is 1. The Morgan fingerprint density at radius 3 is 0.913 bits per heavy atom. The lowest BCUT2D eigenvalue weighted by atomic mass is 9.95. The van der Waals surface area contributed by atoms with Gasteiger partial charge >= 0.3 is 17.9 Å². The molecule has 1 N–H and O–H groups in total.